The molecule has 2 rings (SSSR count). The molecule has 17 heavy (non-hydrogen) atoms. The van der Waals surface area contributed by atoms with Crippen LogP contribution in [-0.2, 0) is 4.79 Å². The van der Waals surface area contributed by atoms with Crippen LogP contribution in [0, 0.1) is 5.41 Å². The van der Waals surface area contributed by atoms with Crippen molar-refractivity contribution >= 4 is 11.9 Å². The molecule has 1 spiro atoms. The zero-order valence-corrected chi connectivity index (χ0v) is 11.5. The van der Waals surface area contributed by atoms with Gasteiger partial charge in [0.15, 0.2) is 5.96 Å². The zero-order valence-electron chi connectivity index (χ0n) is 11.5. The number of nitrogens with zero attached hydrogens (tertiary/aromatic N) is 1. The Labute approximate surface area is 103 Å². The zero-order chi connectivity index (χ0) is 12.9. The Morgan fingerprint density at radius 2 is 1.94 bits per heavy atom. The molecule has 0 bridgehead atoms. The Bertz CT molecular complexity index is 379. The molecule has 4 nitrogen and oxygen atoms in total. The Balaban J connectivity index is 2.28. The Morgan fingerprint density at radius 3 is 2.41 bits per heavy atom. The summed E-state index contributed by atoms with van der Waals surface area (Å²) in [5.41, 5.74) is -0.667. The van der Waals surface area contributed by atoms with Gasteiger partial charge in [-0.25, -0.2) is 4.99 Å². The van der Waals surface area contributed by atoms with Gasteiger partial charge in [-0.15, -0.1) is 0 Å². The summed E-state index contributed by atoms with van der Waals surface area (Å²) >= 11 is 0. The molecule has 2 N–H and O–H groups in total. The van der Waals surface area contributed by atoms with E-state index in [-0.39, 0.29) is 16.9 Å². The fourth-order valence-electron chi connectivity index (χ4n) is 2.85. The van der Waals surface area contributed by atoms with Crippen molar-refractivity contribution in [2.75, 3.05) is 0 Å². The average Bonchev–Trinajstić information content (AvgIpc) is 2.54. The van der Waals surface area contributed by atoms with Crippen molar-refractivity contribution in [1.82, 2.24) is 10.6 Å². The first kappa shape index (κ1) is 12.4. The number of hydrogen-bond acceptors (Lipinski definition) is 3. The van der Waals surface area contributed by atoms with Crippen molar-refractivity contribution in [2.24, 2.45) is 10.4 Å². The third kappa shape index (κ3) is 1.94. The first-order valence-corrected chi connectivity index (χ1v) is 6.36. The summed E-state index contributed by atoms with van der Waals surface area (Å²) in [6.07, 6.45) is 3.00. The molecule has 1 fully saturated rings. The van der Waals surface area contributed by atoms with E-state index >= 15 is 0 Å². The maximum absolute atomic E-state index is 12.2. The summed E-state index contributed by atoms with van der Waals surface area (Å²) in [5, 5.41) is 6.15. The van der Waals surface area contributed by atoms with Crippen LogP contribution >= 0.6 is 0 Å². The Morgan fingerprint density at radius 1 is 1.29 bits per heavy atom. The van der Waals surface area contributed by atoms with E-state index in [1.165, 1.54) is 0 Å². The van der Waals surface area contributed by atoms with Crippen molar-refractivity contribution in [3.05, 3.63) is 0 Å². The van der Waals surface area contributed by atoms with Gasteiger partial charge in [-0.3, -0.25) is 10.1 Å². The lowest BCUT2D eigenvalue weighted by Gasteiger charge is -2.32. The molecule has 96 valence electrons. The quantitative estimate of drug-likeness (QED) is 0.675. The molecule has 1 heterocycles. The van der Waals surface area contributed by atoms with Gasteiger partial charge in [0, 0.05) is 5.54 Å². The summed E-state index contributed by atoms with van der Waals surface area (Å²) in [7, 11) is 0. The van der Waals surface area contributed by atoms with E-state index in [1.54, 1.807) is 0 Å². The standard InChI is InChI=1S/C13H23N3O/c1-11(2,3)15-10-14-9(17)13(16-10)8-6-7-12(13,4)5/h6-8H2,1-5H3,(H2,14,15,16,17). The number of amides is 1. The van der Waals surface area contributed by atoms with Crippen LogP contribution in [0.5, 0.6) is 0 Å². The molecule has 1 amide bonds. The van der Waals surface area contributed by atoms with Crippen LogP contribution in [0.2, 0.25) is 0 Å². The number of rotatable bonds is 0. The molecule has 1 aliphatic heterocycles. The highest BCUT2D eigenvalue weighted by atomic mass is 16.2. The van der Waals surface area contributed by atoms with E-state index in [1.807, 2.05) is 0 Å². The number of aliphatic imine (C=N–C) groups is 1. The molecule has 1 saturated carbocycles. The number of carbonyl (C=O) groups excluding carboxylic acids is 1. The summed E-state index contributed by atoms with van der Waals surface area (Å²) in [6.45, 7) is 10.5. The molecule has 0 radical (unpaired) electrons. The minimum atomic E-state index is -0.541. The topological polar surface area (TPSA) is 53.5 Å². The van der Waals surface area contributed by atoms with E-state index in [4.69, 9.17) is 0 Å². The molecule has 0 aromatic rings. The van der Waals surface area contributed by atoms with Crippen molar-refractivity contribution in [1.29, 1.82) is 0 Å². The first-order chi connectivity index (χ1) is 7.66. The van der Waals surface area contributed by atoms with Gasteiger partial charge in [-0.1, -0.05) is 13.8 Å². The van der Waals surface area contributed by atoms with Gasteiger partial charge in [-0.05, 0) is 45.4 Å². The smallest absolute Gasteiger partial charge is 0.255 e. The minimum Gasteiger partial charge on any atom is -0.351 e. The highest BCUT2D eigenvalue weighted by Crippen LogP contribution is 2.50. The third-order valence-electron chi connectivity index (χ3n) is 3.86. The maximum Gasteiger partial charge on any atom is 0.255 e. The summed E-state index contributed by atoms with van der Waals surface area (Å²) in [4.78, 5) is 16.9. The molecule has 4 heteroatoms. The first-order valence-electron chi connectivity index (χ1n) is 6.36. The van der Waals surface area contributed by atoms with Crippen molar-refractivity contribution in [2.45, 2.75) is 65.0 Å². The van der Waals surface area contributed by atoms with E-state index in [0.717, 1.165) is 19.3 Å². The summed E-state index contributed by atoms with van der Waals surface area (Å²) in [6, 6.07) is 0. The predicted octanol–water partition coefficient (Wildman–Crippen LogP) is 1.81. The third-order valence-corrected chi connectivity index (χ3v) is 3.86. The van der Waals surface area contributed by atoms with E-state index in [9.17, 15) is 4.79 Å². The molecular weight excluding hydrogens is 214 g/mol. The molecule has 0 aromatic carbocycles. The second-order valence-electron chi connectivity index (χ2n) is 6.89. The maximum atomic E-state index is 12.2. The van der Waals surface area contributed by atoms with Crippen LogP contribution in [0.25, 0.3) is 0 Å². The van der Waals surface area contributed by atoms with Gasteiger partial charge in [0.2, 0.25) is 0 Å². The summed E-state index contributed by atoms with van der Waals surface area (Å²) < 4.78 is 0. The second-order valence-corrected chi connectivity index (χ2v) is 6.89. The highest BCUT2D eigenvalue weighted by Gasteiger charge is 2.57. The molecule has 2 aliphatic rings. The minimum absolute atomic E-state index is 0.0433. The lowest BCUT2D eigenvalue weighted by Crippen LogP contribution is -2.49. The van der Waals surface area contributed by atoms with E-state index in [0.29, 0.717) is 5.96 Å². The lowest BCUT2D eigenvalue weighted by atomic mass is 9.75. The fourth-order valence-corrected chi connectivity index (χ4v) is 2.85. The molecule has 1 atom stereocenters. The van der Waals surface area contributed by atoms with Gasteiger partial charge >= 0.3 is 0 Å². The van der Waals surface area contributed by atoms with Crippen LogP contribution in [0.1, 0.15) is 53.9 Å². The van der Waals surface area contributed by atoms with Crippen LogP contribution in [0.3, 0.4) is 0 Å². The van der Waals surface area contributed by atoms with Gasteiger partial charge < -0.3 is 5.32 Å². The summed E-state index contributed by atoms with van der Waals surface area (Å²) in [5.74, 6) is 0.698. The molecule has 0 aromatic heterocycles. The van der Waals surface area contributed by atoms with Crippen LogP contribution < -0.4 is 10.6 Å². The number of hydrogen-bond donors (Lipinski definition) is 2. The highest BCUT2D eigenvalue weighted by molar-refractivity contribution is 6.08. The average molecular weight is 237 g/mol. The molecule has 0 saturated heterocycles. The van der Waals surface area contributed by atoms with E-state index in [2.05, 4.69) is 50.2 Å². The van der Waals surface area contributed by atoms with Crippen LogP contribution in [0.4, 0.5) is 0 Å². The van der Waals surface area contributed by atoms with Gasteiger partial charge in [-0.2, -0.15) is 0 Å². The number of guanidine groups is 1. The van der Waals surface area contributed by atoms with Crippen LogP contribution in [-0.4, -0.2) is 22.9 Å². The van der Waals surface area contributed by atoms with E-state index < -0.39 is 5.54 Å². The monoisotopic (exact) mass is 237 g/mol. The number of carbonyl (C=O) groups is 1. The largest absolute Gasteiger partial charge is 0.351 e. The molecular formula is C13H23N3O. The van der Waals surface area contributed by atoms with Gasteiger partial charge in [0.25, 0.3) is 5.91 Å². The second kappa shape index (κ2) is 3.47. The Kier molecular flexibility index (Phi) is 2.53. The van der Waals surface area contributed by atoms with Crippen molar-refractivity contribution < 1.29 is 4.79 Å². The predicted molar refractivity (Wildman–Crippen MR) is 68.8 cm³/mol. The lowest BCUT2D eigenvalue weighted by molar-refractivity contribution is -0.126. The normalized spacial score (nSPS) is 31.6. The SMILES string of the molecule is CC(C)(C)NC1=NC2(CCCC2(C)C)C(=O)N1. The van der Waals surface area contributed by atoms with Crippen molar-refractivity contribution in [3.63, 3.8) is 0 Å². The van der Waals surface area contributed by atoms with Gasteiger partial charge in [0.1, 0.15) is 5.54 Å². The van der Waals surface area contributed by atoms with Gasteiger partial charge in [0.05, 0.1) is 0 Å². The molecule has 1 unspecified atom stereocenters. The fraction of sp³-hybridized carbons (Fsp3) is 0.846. The molecule has 1 aliphatic carbocycles. The van der Waals surface area contributed by atoms with Crippen LogP contribution in [0.15, 0.2) is 4.99 Å². The van der Waals surface area contributed by atoms with Crippen molar-refractivity contribution in [3.8, 4) is 0 Å². The Hall–Kier alpha value is -1.06. The number of nitrogens with one attached hydrogen (secondary N) is 2.